The minimum atomic E-state index is 0.114. The van der Waals surface area contributed by atoms with Crippen molar-refractivity contribution < 1.29 is 4.79 Å². The molecular formula is C13H18ClN3OS. The topological polar surface area (TPSA) is 35.6 Å². The Morgan fingerprint density at radius 2 is 2.11 bits per heavy atom. The van der Waals surface area contributed by atoms with E-state index in [1.807, 2.05) is 11.0 Å². The molecule has 0 unspecified atom stereocenters. The summed E-state index contributed by atoms with van der Waals surface area (Å²) in [5.74, 6) is 0. The molecule has 6 heteroatoms. The number of urea groups is 1. The first-order valence-corrected chi connectivity index (χ1v) is 7.93. The van der Waals surface area contributed by atoms with Crippen LogP contribution in [0.1, 0.15) is 17.7 Å². The Bertz CT molecular complexity index is 456. The molecule has 2 saturated heterocycles. The number of likely N-dealkylation sites (tertiary alicyclic amines) is 1. The van der Waals surface area contributed by atoms with Gasteiger partial charge in [-0.2, -0.15) is 0 Å². The average molecular weight is 300 g/mol. The highest BCUT2D eigenvalue weighted by Gasteiger charge is 2.30. The third-order valence-electron chi connectivity index (χ3n) is 3.90. The number of carbonyl (C=O) groups excluding carboxylic acids is 1. The zero-order valence-corrected chi connectivity index (χ0v) is 12.3. The Morgan fingerprint density at radius 1 is 1.32 bits per heavy atom. The maximum Gasteiger partial charge on any atom is 0.317 e. The predicted octanol–water partition coefficient (Wildman–Crippen LogP) is 2.39. The maximum absolute atomic E-state index is 11.6. The van der Waals surface area contributed by atoms with Crippen molar-refractivity contribution >= 4 is 29.0 Å². The summed E-state index contributed by atoms with van der Waals surface area (Å²) in [5.41, 5.74) is 0. The van der Waals surface area contributed by atoms with E-state index in [0.29, 0.717) is 6.04 Å². The summed E-state index contributed by atoms with van der Waals surface area (Å²) in [6, 6.07) is 4.60. The van der Waals surface area contributed by atoms with Crippen LogP contribution in [0.3, 0.4) is 0 Å². The number of halogens is 1. The van der Waals surface area contributed by atoms with Gasteiger partial charge in [0.1, 0.15) is 0 Å². The number of piperidine rings is 1. The van der Waals surface area contributed by atoms with Crippen molar-refractivity contribution in [3.8, 4) is 0 Å². The predicted molar refractivity (Wildman–Crippen MR) is 77.7 cm³/mol. The van der Waals surface area contributed by atoms with E-state index < -0.39 is 0 Å². The number of carbonyl (C=O) groups is 1. The van der Waals surface area contributed by atoms with Crippen LogP contribution in [-0.2, 0) is 6.54 Å². The third-order valence-corrected chi connectivity index (χ3v) is 5.11. The van der Waals surface area contributed by atoms with Gasteiger partial charge in [-0.25, -0.2) is 4.79 Å². The number of nitrogens with one attached hydrogen (secondary N) is 1. The molecule has 0 aromatic carbocycles. The van der Waals surface area contributed by atoms with Crippen molar-refractivity contribution in [3.63, 3.8) is 0 Å². The number of hydrogen-bond acceptors (Lipinski definition) is 3. The van der Waals surface area contributed by atoms with Gasteiger partial charge in [0.2, 0.25) is 0 Å². The lowest BCUT2D eigenvalue weighted by Crippen LogP contribution is -2.45. The van der Waals surface area contributed by atoms with E-state index in [9.17, 15) is 4.79 Å². The fraction of sp³-hybridized carbons (Fsp3) is 0.615. The molecule has 0 aliphatic carbocycles. The minimum absolute atomic E-state index is 0.114. The molecule has 0 atom stereocenters. The normalized spacial score (nSPS) is 21.9. The lowest BCUT2D eigenvalue weighted by Gasteiger charge is -2.35. The van der Waals surface area contributed by atoms with Gasteiger partial charge in [-0.3, -0.25) is 4.90 Å². The molecule has 1 aromatic rings. The molecule has 1 aromatic heterocycles. The van der Waals surface area contributed by atoms with Crippen LogP contribution in [0.25, 0.3) is 0 Å². The molecule has 4 nitrogen and oxygen atoms in total. The van der Waals surface area contributed by atoms with Gasteiger partial charge in [0.05, 0.1) is 4.34 Å². The van der Waals surface area contributed by atoms with Crippen LogP contribution >= 0.6 is 22.9 Å². The van der Waals surface area contributed by atoms with Crippen LogP contribution in [0.5, 0.6) is 0 Å². The summed E-state index contributed by atoms with van der Waals surface area (Å²) >= 11 is 7.61. The SMILES string of the molecule is O=C1NCCN1C1CCN(Cc2ccc(Cl)s2)CC1. The monoisotopic (exact) mass is 299 g/mol. The Kier molecular flexibility index (Phi) is 3.96. The van der Waals surface area contributed by atoms with Crippen LogP contribution in [0.15, 0.2) is 12.1 Å². The van der Waals surface area contributed by atoms with Crippen LogP contribution in [0, 0.1) is 0 Å². The fourth-order valence-electron chi connectivity index (χ4n) is 2.88. The van der Waals surface area contributed by atoms with Gasteiger partial charge >= 0.3 is 6.03 Å². The van der Waals surface area contributed by atoms with Crippen molar-refractivity contribution in [2.75, 3.05) is 26.2 Å². The van der Waals surface area contributed by atoms with Crippen LogP contribution in [0.4, 0.5) is 4.79 Å². The highest BCUT2D eigenvalue weighted by Crippen LogP contribution is 2.25. The number of hydrogen-bond donors (Lipinski definition) is 1. The molecule has 0 bridgehead atoms. The van der Waals surface area contributed by atoms with E-state index in [1.165, 1.54) is 4.88 Å². The van der Waals surface area contributed by atoms with E-state index >= 15 is 0 Å². The molecule has 2 fully saturated rings. The van der Waals surface area contributed by atoms with E-state index in [2.05, 4.69) is 16.3 Å². The molecule has 19 heavy (non-hydrogen) atoms. The van der Waals surface area contributed by atoms with Gasteiger partial charge in [-0.1, -0.05) is 11.6 Å². The Labute approximate surface area is 122 Å². The number of nitrogens with zero attached hydrogens (tertiary/aromatic N) is 2. The summed E-state index contributed by atoms with van der Waals surface area (Å²) in [6.07, 6.45) is 2.15. The maximum atomic E-state index is 11.6. The second-order valence-corrected chi connectivity index (χ2v) is 6.94. The highest BCUT2D eigenvalue weighted by molar-refractivity contribution is 7.16. The molecule has 0 radical (unpaired) electrons. The first kappa shape index (κ1) is 13.2. The molecule has 3 rings (SSSR count). The molecule has 2 aliphatic heterocycles. The lowest BCUT2D eigenvalue weighted by molar-refractivity contribution is 0.133. The Morgan fingerprint density at radius 3 is 2.68 bits per heavy atom. The molecular weight excluding hydrogens is 282 g/mol. The highest BCUT2D eigenvalue weighted by atomic mass is 35.5. The number of thiophene rings is 1. The smallest absolute Gasteiger partial charge is 0.317 e. The summed E-state index contributed by atoms with van der Waals surface area (Å²) in [7, 11) is 0. The Hall–Kier alpha value is -0.780. The largest absolute Gasteiger partial charge is 0.336 e. The van der Waals surface area contributed by atoms with Crippen LogP contribution < -0.4 is 5.32 Å². The van der Waals surface area contributed by atoms with Crippen molar-refractivity contribution in [3.05, 3.63) is 21.3 Å². The molecule has 3 heterocycles. The average Bonchev–Trinajstić information content (AvgIpc) is 3.00. The van der Waals surface area contributed by atoms with Crippen molar-refractivity contribution in [2.45, 2.75) is 25.4 Å². The zero-order chi connectivity index (χ0) is 13.2. The van der Waals surface area contributed by atoms with Crippen LogP contribution in [-0.4, -0.2) is 48.1 Å². The summed E-state index contributed by atoms with van der Waals surface area (Å²) < 4.78 is 0.860. The van der Waals surface area contributed by atoms with Crippen molar-refractivity contribution in [1.29, 1.82) is 0 Å². The van der Waals surface area contributed by atoms with Crippen molar-refractivity contribution in [1.82, 2.24) is 15.1 Å². The van der Waals surface area contributed by atoms with E-state index in [4.69, 9.17) is 11.6 Å². The summed E-state index contributed by atoms with van der Waals surface area (Å²) in [4.78, 5) is 17.4. The van der Waals surface area contributed by atoms with E-state index in [0.717, 1.165) is 49.9 Å². The van der Waals surface area contributed by atoms with Crippen molar-refractivity contribution in [2.24, 2.45) is 0 Å². The van der Waals surface area contributed by atoms with Gasteiger partial charge in [0.25, 0.3) is 0 Å². The molecule has 2 amide bonds. The standard InChI is InChI=1S/C13H18ClN3OS/c14-12-2-1-11(19-12)9-16-6-3-10(4-7-16)17-8-5-15-13(17)18/h1-2,10H,3-9H2,(H,15,18). The van der Waals surface area contributed by atoms with Crippen LogP contribution in [0.2, 0.25) is 4.34 Å². The fourth-order valence-corrected chi connectivity index (χ4v) is 4.01. The third kappa shape index (κ3) is 3.04. The van der Waals surface area contributed by atoms with Gasteiger partial charge in [-0.05, 0) is 25.0 Å². The first-order valence-electron chi connectivity index (χ1n) is 6.73. The lowest BCUT2D eigenvalue weighted by atomic mass is 10.0. The molecule has 1 N–H and O–H groups in total. The first-order chi connectivity index (χ1) is 9.22. The summed E-state index contributed by atoms with van der Waals surface area (Å²) in [5, 5.41) is 2.88. The quantitative estimate of drug-likeness (QED) is 0.930. The van der Waals surface area contributed by atoms with Gasteiger partial charge in [0, 0.05) is 43.6 Å². The number of amides is 2. The zero-order valence-electron chi connectivity index (χ0n) is 10.8. The molecule has 0 saturated carbocycles. The second kappa shape index (κ2) is 5.69. The second-order valence-electron chi connectivity index (χ2n) is 5.14. The van der Waals surface area contributed by atoms with Gasteiger partial charge < -0.3 is 10.2 Å². The van der Waals surface area contributed by atoms with Gasteiger partial charge in [0.15, 0.2) is 0 Å². The van der Waals surface area contributed by atoms with E-state index in [1.54, 1.807) is 11.3 Å². The minimum Gasteiger partial charge on any atom is -0.336 e. The number of rotatable bonds is 3. The molecule has 2 aliphatic rings. The molecule has 104 valence electrons. The molecule has 0 spiro atoms. The Balaban J connectivity index is 1.50. The van der Waals surface area contributed by atoms with E-state index in [-0.39, 0.29) is 6.03 Å². The van der Waals surface area contributed by atoms with Gasteiger partial charge in [-0.15, -0.1) is 11.3 Å². The summed E-state index contributed by atoms with van der Waals surface area (Å²) in [6.45, 7) is 4.76.